The van der Waals surface area contributed by atoms with E-state index in [-0.39, 0.29) is 0 Å². The quantitative estimate of drug-likeness (QED) is 0.775. The normalized spacial score (nSPS) is 10.8. The van der Waals surface area contributed by atoms with Crippen molar-refractivity contribution in [2.75, 3.05) is 17.7 Å². The van der Waals surface area contributed by atoms with Crippen molar-refractivity contribution in [1.29, 1.82) is 0 Å². The lowest BCUT2D eigenvalue weighted by Gasteiger charge is -2.05. The van der Waals surface area contributed by atoms with Crippen LogP contribution in [0.3, 0.4) is 0 Å². The summed E-state index contributed by atoms with van der Waals surface area (Å²) in [6, 6.07) is 8.56. The first-order chi connectivity index (χ1) is 7.47. The van der Waals surface area contributed by atoms with E-state index in [0.717, 1.165) is 0 Å². The summed E-state index contributed by atoms with van der Waals surface area (Å²) in [5.41, 5.74) is 0.541. The van der Waals surface area contributed by atoms with Crippen LogP contribution in [0, 0.1) is 0 Å². The standard InChI is InChI=1S/C9H11NO5S/c11-9(15-6-7-16(12,13)14)10-8-4-2-1-3-5-8/h1-5H,6-7H2,(H,10,11)(H,12,13,14). The van der Waals surface area contributed by atoms with Crippen molar-refractivity contribution in [3.63, 3.8) is 0 Å². The molecule has 0 spiro atoms. The lowest BCUT2D eigenvalue weighted by Crippen LogP contribution is -2.18. The third-order valence-electron chi connectivity index (χ3n) is 1.59. The zero-order valence-electron chi connectivity index (χ0n) is 8.29. The van der Waals surface area contributed by atoms with Gasteiger partial charge in [-0.25, -0.2) is 4.79 Å². The maximum Gasteiger partial charge on any atom is 0.411 e. The van der Waals surface area contributed by atoms with Crippen molar-refractivity contribution < 1.29 is 22.5 Å². The molecule has 0 fully saturated rings. The minimum Gasteiger partial charge on any atom is -0.448 e. The van der Waals surface area contributed by atoms with Gasteiger partial charge in [0.1, 0.15) is 12.4 Å². The van der Waals surface area contributed by atoms with Gasteiger partial charge in [0.05, 0.1) is 0 Å². The molecule has 0 heterocycles. The van der Waals surface area contributed by atoms with Crippen LogP contribution in [-0.2, 0) is 14.9 Å². The fraction of sp³-hybridized carbons (Fsp3) is 0.222. The molecule has 0 aliphatic carbocycles. The van der Waals surface area contributed by atoms with Gasteiger partial charge in [0, 0.05) is 5.69 Å². The van der Waals surface area contributed by atoms with Gasteiger partial charge in [-0.15, -0.1) is 0 Å². The number of carbonyl (C=O) groups is 1. The highest BCUT2D eigenvalue weighted by molar-refractivity contribution is 7.85. The summed E-state index contributed by atoms with van der Waals surface area (Å²) < 4.78 is 33.5. The lowest BCUT2D eigenvalue weighted by molar-refractivity contribution is 0.168. The SMILES string of the molecule is O=C(Nc1ccccc1)OCCS(=O)(=O)O. The first-order valence-electron chi connectivity index (χ1n) is 4.41. The molecule has 0 aromatic heterocycles. The number of benzene rings is 1. The maximum absolute atomic E-state index is 11.1. The van der Waals surface area contributed by atoms with Gasteiger partial charge in [-0.2, -0.15) is 8.42 Å². The largest absolute Gasteiger partial charge is 0.448 e. The highest BCUT2D eigenvalue weighted by Crippen LogP contribution is 2.05. The van der Waals surface area contributed by atoms with Crippen LogP contribution >= 0.6 is 0 Å². The van der Waals surface area contributed by atoms with Gasteiger partial charge in [0.2, 0.25) is 0 Å². The first kappa shape index (κ1) is 12.5. The monoisotopic (exact) mass is 245 g/mol. The van der Waals surface area contributed by atoms with Gasteiger partial charge in [-0.1, -0.05) is 18.2 Å². The van der Waals surface area contributed by atoms with E-state index in [1.165, 1.54) is 0 Å². The van der Waals surface area contributed by atoms with E-state index in [9.17, 15) is 13.2 Å². The third-order valence-corrected chi connectivity index (χ3v) is 2.28. The van der Waals surface area contributed by atoms with Gasteiger partial charge >= 0.3 is 6.09 Å². The second-order valence-corrected chi connectivity index (χ2v) is 4.49. The molecule has 88 valence electrons. The van der Waals surface area contributed by atoms with Gasteiger partial charge in [0.15, 0.2) is 0 Å². The number of nitrogens with one attached hydrogen (secondary N) is 1. The number of rotatable bonds is 4. The maximum atomic E-state index is 11.1. The highest BCUT2D eigenvalue weighted by atomic mass is 32.2. The number of anilines is 1. The van der Waals surface area contributed by atoms with E-state index in [4.69, 9.17) is 4.55 Å². The number of hydrogen-bond acceptors (Lipinski definition) is 4. The van der Waals surface area contributed by atoms with Crippen molar-refractivity contribution in [3.8, 4) is 0 Å². The summed E-state index contributed by atoms with van der Waals surface area (Å²) in [6.45, 7) is -0.391. The molecule has 16 heavy (non-hydrogen) atoms. The van der Waals surface area contributed by atoms with Gasteiger partial charge in [0.25, 0.3) is 10.1 Å². The molecule has 7 heteroatoms. The molecule has 0 radical (unpaired) electrons. The van der Waals surface area contributed by atoms with Crippen molar-refractivity contribution in [2.24, 2.45) is 0 Å². The Morgan fingerprint density at radius 3 is 2.50 bits per heavy atom. The van der Waals surface area contributed by atoms with Crippen LogP contribution < -0.4 is 5.32 Å². The molecular weight excluding hydrogens is 234 g/mol. The molecular formula is C9H11NO5S. The average Bonchev–Trinajstić information content (AvgIpc) is 2.17. The van der Waals surface area contributed by atoms with Crippen LogP contribution in [0.1, 0.15) is 0 Å². The zero-order chi connectivity index (χ0) is 12.0. The molecule has 1 amide bonds. The van der Waals surface area contributed by atoms with Crippen LogP contribution in [0.15, 0.2) is 30.3 Å². The van der Waals surface area contributed by atoms with Gasteiger partial charge in [-0.3, -0.25) is 9.87 Å². The summed E-state index contributed by atoms with van der Waals surface area (Å²) >= 11 is 0. The predicted molar refractivity (Wildman–Crippen MR) is 57.8 cm³/mol. The Morgan fingerprint density at radius 2 is 1.94 bits per heavy atom. The summed E-state index contributed by atoms with van der Waals surface area (Å²) in [5.74, 6) is -0.616. The minimum atomic E-state index is -4.10. The Kier molecular flexibility index (Phi) is 4.27. The molecule has 0 bridgehead atoms. The van der Waals surface area contributed by atoms with E-state index >= 15 is 0 Å². The van der Waals surface area contributed by atoms with Crippen LogP contribution in [0.4, 0.5) is 10.5 Å². The topological polar surface area (TPSA) is 92.7 Å². The van der Waals surface area contributed by atoms with Crippen LogP contribution in [0.25, 0.3) is 0 Å². The average molecular weight is 245 g/mol. The van der Waals surface area contributed by atoms with Crippen LogP contribution in [-0.4, -0.2) is 31.4 Å². The molecule has 0 saturated carbocycles. The molecule has 0 unspecified atom stereocenters. The second-order valence-electron chi connectivity index (χ2n) is 2.91. The Bertz CT molecular complexity index is 442. The zero-order valence-corrected chi connectivity index (χ0v) is 9.11. The number of amides is 1. The fourth-order valence-electron chi connectivity index (χ4n) is 0.915. The molecule has 1 rings (SSSR count). The molecule has 6 nitrogen and oxygen atoms in total. The van der Waals surface area contributed by atoms with E-state index in [2.05, 4.69) is 10.1 Å². The van der Waals surface area contributed by atoms with Gasteiger partial charge < -0.3 is 4.74 Å². The molecule has 1 aromatic rings. The minimum absolute atomic E-state index is 0.391. The van der Waals surface area contributed by atoms with Gasteiger partial charge in [-0.05, 0) is 12.1 Å². The van der Waals surface area contributed by atoms with Crippen molar-refractivity contribution in [3.05, 3.63) is 30.3 Å². The number of para-hydroxylation sites is 1. The van der Waals surface area contributed by atoms with E-state index in [1.54, 1.807) is 30.3 Å². The Morgan fingerprint density at radius 1 is 1.31 bits per heavy atom. The highest BCUT2D eigenvalue weighted by Gasteiger charge is 2.07. The summed E-state index contributed by atoms with van der Waals surface area (Å²) in [6.07, 6.45) is -0.769. The molecule has 0 aliphatic heterocycles. The first-order valence-corrected chi connectivity index (χ1v) is 6.02. The number of hydrogen-bond donors (Lipinski definition) is 2. The van der Waals surface area contributed by atoms with E-state index < -0.39 is 28.6 Å². The number of carbonyl (C=O) groups excluding carboxylic acids is 1. The molecule has 0 saturated heterocycles. The van der Waals surface area contributed by atoms with E-state index in [1.807, 2.05) is 0 Å². The van der Waals surface area contributed by atoms with Crippen LogP contribution in [0.5, 0.6) is 0 Å². The van der Waals surface area contributed by atoms with Crippen molar-refractivity contribution in [1.82, 2.24) is 0 Å². The number of ether oxygens (including phenoxy) is 1. The molecule has 1 aromatic carbocycles. The second kappa shape index (κ2) is 5.47. The predicted octanol–water partition coefficient (Wildman–Crippen LogP) is 1.12. The summed E-state index contributed by atoms with van der Waals surface area (Å²) in [7, 11) is -4.10. The lowest BCUT2D eigenvalue weighted by atomic mass is 10.3. The molecule has 0 atom stereocenters. The summed E-state index contributed by atoms with van der Waals surface area (Å²) in [5, 5.41) is 2.39. The van der Waals surface area contributed by atoms with Crippen molar-refractivity contribution in [2.45, 2.75) is 0 Å². The smallest absolute Gasteiger partial charge is 0.411 e. The van der Waals surface area contributed by atoms with Crippen LogP contribution in [0.2, 0.25) is 0 Å². The third kappa shape index (κ3) is 5.32. The van der Waals surface area contributed by atoms with E-state index in [0.29, 0.717) is 5.69 Å². The Hall–Kier alpha value is -1.60. The Labute approximate surface area is 93.0 Å². The summed E-state index contributed by atoms with van der Waals surface area (Å²) in [4.78, 5) is 11.1. The Balaban J connectivity index is 2.32. The fourth-order valence-corrected chi connectivity index (χ4v) is 1.21. The molecule has 2 N–H and O–H groups in total. The van der Waals surface area contributed by atoms with Crippen molar-refractivity contribution >= 4 is 21.9 Å². The molecule has 0 aliphatic rings.